The molecule has 0 bridgehead atoms. The smallest absolute Gasteiger partial charge is 0.343 e. The van der Waals surface area contributed by atoms with E-state index in [2.05, 4.69) is 9.47 Å². The summed E-state index contributed by atoms with van der Waals surface area (Å²) in [6.45, 7) is 5.80. The second-order valence-corrected chi connectivity index (χ2v) is 5.27. The number of ketones is 2. The van der Waals surface area contributed by atoms with E-state index in [9.17, 15) is 28.0 Å². The molecule has 0 aromatic rings. The molecule has 0 fully saturated rings. The lowest BCUT2D eigenvalue weighted by Gasteiger charge is -2.10. The second-order valence-electron chi connectivity index (χ2n) is 5.27. The summed E-state index contributed by atoms with van der Waals surface area (Å²) in [6, 6.07) is 0. The third-order valence-corrected chi connectivity index (χ3v) is 2.58. The zero-order valence-corrected chi connectivity index (χ0v) is 16.0. The molecule has 0 aliphatic carbocycles. The van der Waals surface area contributed by atoms with E-state index in [1.165, 1.54) is 11.1 Å². The van der Waals surface area contributed by atoms with Crippen molar-refractivity contribution >= 4 is 23.5 Å². The summed E-state index contributed by atoms with van der Waals surface area (Å²) in [6.07, 6.45) is -2.50. The molecule has 0 heterocycles. The zero-order valence-electron chi connectivity index (χ0n) is 16.0. The number of hydrogen-bond donors (Lipinski definition) is 0. The first-order valence-electron chi connectivity index (χ1n) is 8.03. The first-order valence-corrected chi connectivity index (χ1v) is 8.03. The quantitative estimate of drug-likeness (QED) is 0.261. The molecular weight excluding hydrogens is 352 g/mol. The van der Waals surface area contributed by atoms with Crippen LogP contribution in [0.25, 0.3) is 0 Å². The van der Waals surface area contributed by atoms with Crippen molar-refractivity contribution in [3.8, 4) is 0 Å². The number of esters is 2. The highest BCUT2D eigenvalue weighted by molar-refractivity contribution is 6.18. The molecular formula is C17H27F2NO6. The average Bonchev–Trinajstić information content (AvgIpc) is 2.52. The summed E-state index contributed by atoms with van der Waals surface area (Å²) in [5, 5.41) is 0. The van der Waals surface area contributed by atoms with Gasteiger partial charge in [-0.25, -0.2) is 13.6 Å². The van der Waals surface area contributed by atoms with Crippen LogP contribution in [-0.4, -0.2) is 68.1 Å². The molecule has 0 aromatic heterocycles. The Balaban J connectivity index is 0. The summed E-state index contributed by atoms with van der Waals surface area (Å²) in [4.78, 5) is 45.2. The Morgan fingerprint density at radius 1 is 0.962 bits per heavy atom. The van der Waals surface area contributed by atoms with E-state index in [4.69, 9.17) is 0 Å². The van der Waals surface area contributed by atoms with Gasteiger partial charge in [0.25, 0.3) is 0 Å². The number of ether oxygens (including phenoxy) is 2. The topological polar surface area (TPSA) is 90.0 Å². The molecule has 150 valence electrons. The SMILES string of the molecule is CCOC(=O)C(=CN(C)C)C(=O)C(C)F.CCOC(=O)CC(=O)C(C)F. The van der Waals surface area contributed by atoms with Crippen molar-refractivity contribution in [3.05, 3.63) is 11.8 Å². The van der Waals surface area contributed by atoms with E-state index in [1.807, 2.05) is 0 Å². The lowest BCUT2D eigenvalue weighted by Crippen LogP contribution is -2.24. The minimum atomic E-state index is -1.71. The maximum atomic E-state index is 12.8. The van der Waals surface area contributed by atoms with Crippen LogP contribution in [0, 0.1) is 0 Å². The normalized spacial score (nSPS) is 12.8. The van der Waals surface area contributed by atoms with Crippen molar-refractivity contribution in [1.29, 1.82) is 0 Å². The number of rotatable bonds is 9. The molecule has 9 heteroatoms. The number of carbonyl (C=O) groups is 4. The minimum absolute atomic E-state index is 0.150. The number of halogens is 2. The molecule has 2 atom stereocenters. The minimum Gasteiger partial charge on any atom is -0.466 e. The number of carbonyl (C=O) groups excluding carboxylic acids is 4. The highest BCUT2D eigenvalue weighted by Crippen LogP contribution is 2.07. The van der Waals surface area contributed by atoms with Gasteiger partial charge < -0.3 is 14.4 Å². The van der Waals surface area contributed by atoms with E-state index in [0.717, 1.165) is 13.8 Å². The van der Waals surface area contributed by atoms with Crippen LogP contribution in [0.15, 0.2) is 11.8 Å². The van der Waals surface area contributed by atoms with Gasteiger partial charge in [0, 0.05) is 20.3 Å². The third kappa shape index (κ3) is 12.1. The predicted octanol–water partition coefficient (Wildman–Crippen LogP) is 1.79. The molecule has 0 aliphatic heterocycles. The summed E-state index contributed by atoms with van der Waals surface area (Å²) in [5.41, 5.74) is -0.267. The molecule has 0 saturated carbocycles. The Hall–Kier alpha value is -2.32. The average molecular weight is 379 g/mol. The van der Waals surface area contributed by atoms with E-state index in [1.54, 1.807) is 27.9 Å². The number of hydrogen-bond acceptors (Lipinski definition) is 7. The zero-order chi connectivity index (χ0) is 20.9. The molecule has 0 spiro atoms. The van der Waals surface area contributed by atoms with Crippen molar-refractivity contribution in [2.75, 3.05) is 27.3 Å². The van der Waals surface area contributed by atoms with E-state index in [-0.39, 0.29) is 18.8 Å². The van der Waals surface area contributed by atoms with Crippen molar-refractivity contribution in [1.82, 2.24) is 4.90 Å². The van der Waals surface area contributed by atoms with E-state index >= 15 is 0 Å². The molecule has 0 aliphatic rings. The lowest BCUT2D eigenvalue weighted by atomic mass is 10.1. The van der Waals surface area contributed by atoms with Gasteiger partial charge in [-0.2, -0.15) is 0 Å². The Morgan fingerprint density at radius 2 is 1.46 bits per heavy atom. The van der Waals surface area contributed by atoms with Crippen molar-refractivity contribution in [3.63, 3.8) is 0 Å². The number of alkyl halides is 2. The van der Waals surface area contributed by atoms with Gasteiger partial charge in [0.1, 0.15) is 12.0 Å². The first kappa shape index (κ1) is 25.9. The number of nitrogens with zero attached hydrogens (tertiary/aromatic N) is 1. The summed E-state index contributed by atoms with van der Waals surface area (Å²) >= 11 is 0. The van der Waals surface area contributed by atoms with Gasteiger partial charge in [-0.3, -0.25) is 14.4 Å². The monoisotopic (exact) mass is 379 g/mol. The predicted molar refractivity (Wildman–Crippen MR) is 90.8 cm³/mol. The largest absolute Gasteiger partial charge is 0.466 e. The maximum Gasteiger partial charge on any atom is 0.343 e. The fourth-order valence-corrected chi connectivity index (χ4v) is 1.39. The van der Waals surface area contributed by atoms with Crippen LogP contribution < -0.4 is 0 Å². The molecule has 0 rings (SSSR count). The van der Waals surface area contributed by atoms with Crippen LogP contribution in [-0.2, 0) is 28.7 Å². The Kier molecular flexibility index (Phi) is 13.9. The van der Waals surface area contributed by atoms with Gasteiger partial charge in [0.2, 0.25) is 5.78 Å². The fraction of sp³-hybridized carbons (Fsp3) is 0.647. The van der Waals surface area contributed by atoms with E-state index < -0.39 is 42.3 Å². The molecule has 0 amide bonds. The molecule has 26 heavy (non-hydrogen) atoms. The van der Waals surface area contributed by atoms with Gasteiger partial charge >= 0.3 is 11.9 Å². The van der Waals surface area contributed by atoms with Gasteiger partial charge in [0.15, 0.2) is 18.1 Å². The summed E-state index contributed by atoms with van der Waals surface area (Å²) in [5.74, 6) is -3.05. The fourth-order valence-electron chi connectivity index (χ4n) is 1.39. The molecule has 7 nitrogen and oxygen atoms in total. The van der Waals surface area contributed by atoms with Crippen LogP contribution in [0.2, 0.25) is 0 Å². The molecule has 0 aromatic carbocycles. The van der Waals surface area contributed by atoms with Gasteiger partial charge in [-0.05, 0) is 27.7 Å². The highest BCUT2D eigenvalue weighted by Gasteiger charge is 2.24. The summed E-state index contributed by atoms with van der Waals surface area (Å²) < 4.78 is 34.0. The first-order chi connectivity index (χ1) is 12.0. The standard InChI is InChI=1S/C10H16FNO3.C7H11FO3/c1-5-15-10(14)8(6-12(3)4)9(13)7(2)11;1-3-11-7(10)4-6(9)5(2)8/h6-7H,5H2,1-4H3;5H,3-4H2,1-2H3. The second kappa shape index (κ2) is 13.9. The molecule has 0 N–H and O–H groups in total. The van der Waals surface area contributed by atoms with Crippen LogP contribution in [0.1, 0.15) is 34.1 Å². The summed E-state index contributed by atoms with van der Waals surface area (Å²) in [7, 11) is 3.27. The molecule has 2 unspecified atom stereocenters. The van der Waals surface area contributed by atoms with Crippen LogP contribution >= 0.6 is 0 Å². The Morgan fingerprint density at radius 3 is 1.81 bits per heavy atom. The highest BCUT2D eigenvalue weighted by atomic mass is 19.1. The van der Waals surface area contributed by atoms with E-state index in [0.29, 0.717) is 0 Å². The van der Waals surface area contributed by atoms with Crippen molar-refractivity contribution < 1.29 is 37.4 Å². The molecule has 0 radical (unpaired) electrons. The maximum absolute atomic E-state index is 12.8. The number of Topliss-reactive ketones (excluding diaryl/α,β-unsaturated/α-hetero) is 2. The third-order valence-electron chi connectivity index (χ3n) is 2.58. The van der Waals surface area contributed by atoms with Crippen molar-refractivity contribution in [2.45, 2.75) is 46.5 Å². The van der Waals surface area contributed by atoms with Crippen molar-refractivity contribution in [2.24, 2.45) is 0 Å². The van der Waals surface area contributed by atoms with Crippen LogP contribution in [0.4, 0.5) is 8.78 Å². The molecule has 0 saturated heterocycles. The van der Waals surface area contributed by atoms with Gasteiger partial charge in [0.05, 0.1) is 13.2 Å². The lowest BCUT2D eigenvalue weighted by molar-refractivity contribution is -0.146. The van der Waals surface area contributed by atoms with Crippen LogP contribution in [0.3, 0.4) is 0 Å². The van der Waals surface area contributed by atoms with Gasteiger partial charge in [-0.1, -0.05) is 0 Å². The Bertz CT molecular complexity index is 515. The van der Waals surface area contributed by atoms with Gasteiger partial charge in [-0.15, -0.1) is 0 Å². The Labute approximate surface area is 152 Å². The van der Waals surface area contributed by atoms with Crippen LogP contribution in [0.5, 0.6) is 0 Å².